The summed E-state index contributed by atoms with van der Waals surface area (Å²) >= 11 is 0. The molecule has 1 saturated carbocycles. The number of hydrogen-bond donors (Lipinski definition) is 1. The Labute approximate surface area is 211 Å². The highest BCUT2D eigenvalue weighted by Crippen LogP contribution is 2.31. The highest BCUT2D eigenvalue weighted by molar-refractivity contribution is 5.68. The highest BCUT2D eigenvalue weighted by Gasteiger charge is 2.19. The fourth-order valence-electron chi connectivity index (χ4n) is 4.63. The van der Waals surface area contributed by atoms with Gasteiger partial charge in [0.2, 0.25) is 0 Å². The van der Waals surface area contributed by atoms with Gasteiger partial charge in [-0.1, -0.05) is 42.3 Å². The normalized spacial score (nSPS) is 14.4. The summed E-state index contributed by atoms with van der Waals surface area (Å²) in [5.41, 5.74) is 6.03. The van der Waals surface area contributed by atoms with Gasteiger partial charge < -0.3 is 14.4 Å². The van der Waals surface area contributed by atoms with Gasteiger partial charge in [-0.15, -0.1) is 0 Å². The molecule has 0 unspecified atom stereocenters. The van der Waals surface area contributed by atoms with Crippen molar-refractivity contribution in [1.29, 1.82) is 0 Å². The molecule has 1 aliphatic rings. The molecule has 0 bridgehead atoms. The van der Waals surface area contributed by atoms with E-state index >= 15 is 0 Å². The molecule has 0 amide bonds. The summed E-state index contributed by atoms with van der Waals surface area (Å²) < 4.78 is 7.56. The molecule has 0 spiro atoms. The van der Waals surface area contributed by atoms with E-state index in [1.807, 2.05) is 29.8 Å². The summed E-state index contributed by atoms with van der Waals surface area (Å²) in [6.45, 7) is 9.19. The number of aryl methyl sites for hydroxylation is 1. The lowest BCUT2D eigenvalue weighted by atomic mass is 10.1. The lowest BCUT2D eigenvalue weighted by Crippen LogP contribution is -2.35. The zero-order valence-electron chi connectivity index (χ0n) is 21.4. The van der Waals surface area contributed by atoms with E-state index in [1.165, 1.54) is 18.4 Å². The van der Waals surface area contributed by atoms with Crippen LogP contribution in [0.25, 0.3) is 34.0 Å². The Hall–Kier alpha value is -3.58. The Morgan fingerprint density at radius 1 is 1.03 bits per heavy atom. The third-order valence-electron chi connectivity index (χ3n) is 6.72. The number of hydrogen-bond acceptors (Lipinski definition) is 6. The van der Waals surface area contributed by atoms with E-state index < -0.39 is 0 Å². The van der Waals surface area contributed by atoms with Gasteiger partial charge in [0.1, 0.15) is 11.4 Å². The summed E-state index contributed by atoms with van der Waals surface area (Å²) in [6, 6.07) is 13.9. The Morgan fingerprint density at radius 2 is 1.75 bits per heavy atom. The van der Waals surface area contributed by atoms with Gasteiger partial charge in [0, 0.05) is 47.6 Å². The summed E-state index contributed by atoms with van der Waals surface area (Å²) in [7, 11) is 0. The van der Waals surface area contributed by atoms with Crippen molar-refractivity contribution in [3.63, 3.8) is 0 Å². The highest BCUT2D eigenvalue weighted by atomic mass is 16.5. The first-order valence-corrected chi connectivity index (χ1v) is 12.6. The van der Waals surface area contributed by atoms with Crippen LogP contribution in [0.4, 0.5) is 0 Å². The van der Waals surface area contributed by atoms with Crippen molar-refractivity contribution in [2.45, 2.75) is 71.5 Å². The van der Waals surface area contributed by atoms with Crippen LogP contribution in [0.5, 0.6) is 0 Å². The Kier molecular flexibility index (Phi) is 6.58. The number of rotatable bonds is 6. The lowest BCUT2D eigenvalue weighted by molar-refractivity contribution is 0.424. The van der Waals surface area contributed by atoms with Crippen LogP contribution in [0, 0.1) is 6.92 Å². The van der Waals surface area contributed by atoms with Crippen LogP contribution >= 0.6 is 0 Å². The van der Waals surface area contributed by atoms with Gasteiger partial charge in [-0.3, -0.25) is 9.78 Å². The number of nitrogens with zero attached hydrogens (tertiary/aromatic N) is 4. The smallest absolute Gasteiger partial charge is 0.250 e. The minimum atomic E-state index is 0.0334. The fourth-order valence-corrected chi connectivity index (χ4v) is 4.63. The standard InChI is InChI=1S/C29H33N5O2/c1-19-28(26-15-24(33-36-26)21-11-9-20(10-12-21)16-31-29(2,3)4)32-25(17-30-19)22-13-14-27(35)34(18-22)23-7-5-6-8-23/h9-15,17-18,23,31H,5-8,16H2,1-4H3. The van der Waals surface area contributed by atoms with Crippen LogP contribution in [0.3, 0.4) is 0 Å². The molecule has 1 N–H and O–H groups in total. The molecule has 1 aromatic carbocycles. The van der Waals surface area contributed by atoms with Crippen molar-refractivity contribution in [2.75, 3.05) is 0 Å². The Bertz CT molecular complexity index is 1410. The quantitative estimate of drug-likeness (QED) is 0.365. The topological polar surface area (TPSA) is 85.8 Å². The molecule has 0 aliphatic heterocycles. The zero-order valence-corrected chi connectivity index (χ0v) is 21.4. The van der Waals surface area contributed by atoms with E-state index in [0.29, 0.717) is 17.1 Å². The summed E-state index contributed by atoms with van der Waals surface area (Å²) in [5, 5.41) is 7.80. The van der Waals surface area contributed by atoms with Gasteiger partial charge in [-0.25, -0.2) is 4.98 Å². The van der Waals surface area contributed by atoms with E-state index in [9.17, 15) is 4.79 Å². The number of aromatic nitrogens is 4. The van der Waals surface area contributed by atoms with Gasteiger partial charge in [0.15, 0.2) is 5.76 Å². The molecule has 0 saturated heterocycles. The van der Waals surface area contributed by atoms with Crippen molar-refractivity contribution < 1.29 is 4.52 Å². The van der Waals surface area contributed by atoms with E-state index in [-0.39, 0.29) is 17.1 Å². The molecule has 3 aromatic heterocycles. The van der Waals surface area contributed by atoms with E-state index in [0.717, 1.165) is 41.9 Å². The first kappa shape index (κ1) is 24.1. The molecule has 36 heavy (non-hydrogen) atoms. The molecule has 7 nitrogen and oxygen atoms in total. The van der Waals surface area contributed by atoms with Crippen molar-refractivity contribution in [1.82, 2.24) is 25.0 Å². The van der Waals surface area contributed by atoms with Crippen LogP contribution in [-0.2, 0) is 6.54 Å². The number of pyridine rings is 1. The largest absolute Gasteiger partial charge is 0.354 e. The average molecular weight is 484 g/mol. The average Bonchev–Trinajstić information content (AvgIpc) is 3.56. The predicted molar refractivity (Wildman–Crippen MR) is 141 cm³/mol. The van der Waals surface area contributed by atoms with E-state index in [4.69, 9.17) is 9.51 Å². The minimum Gasteiger partial charge on any atom is -0.354 e. The molecule has 186 valence electrons. The van der Waals surface area contributed by atoms with E-state index in [1.54, 1.807) is 12.3 Å². The maximum atomic E-state index is 12.5. The van der Waals surface area contributed by atoms with Gasteiger partial charge in [-0.05, 0) is 52.2 Å². The lowest BCUT2D eigenvalue weighted by Gasteiger charge is -2.20. The van der Waals surface area contributed by atoms with Crippen LogP contribution in [-0.4, -0.2) is 25.2 Å². The van der Waals surface area contributed by atoms with E-state index in [2.05, 4.69) is 60.5 Å². The monoisotopic (exact) mass is 483 g/mol. The van der Waals surface area contributed by atoms with Gasteiger partial charge in [0.05, 0.1) is 17.6 Å². The molecule has 1 aliphatic carbocycles. The fraction of sp³-hybridized carbons (Fsp3) is 0.379. The van der Waals surface area contributed by atoms with Crippen molar-refractivity contribution in [2.24, 2.45) is 0 Å². The zero-order chi connectivity index (χ0) is 25.3. The number of nitrogens with one attached hydrogen (secondary N) is 1. The number of benzene rings is 1. The third-order valence-corrected chi connectivity index (χ3v) is 6.72. The molecule has 3 heterocycles. The minimum absolute atomic E-state index is 0.0334. The second-order valence-corrected chi connectivity index (χ2v) is 10.7. The van der Waals surface area contributed by atoms with Crippen molar-refractivity contribution >= 4 is 0 Å². The molecule has 0 atom stereocenters. The summed E-state index contributed by atoms with van der Waals surface area (Å²) in [4.78, 5) is 21.9. The molecular formula is C29H33N5O2. The Morgan fingerprint density at radius 3 is 2.47 bits per heavy atom. The van der Waals surface area contributed by atoms with Gasteiger partial charge in [0.25, 0.3) is 5.56 Å². The van der Waals surface area contributed by atoms with Crippen LogP contribution in [0.2, 0.25) is 0 Å². The van der Waals surface area contributed by atoms with Gasteiger partial charge in [-0.2, -0.15) is 0 Å². The first-order chi connectivity index (χ1) is 17.3. The second-order valence-electron chi connectivity index (χ2n) is 10.7. The molecule has 4 aromatic rings. The van der Waals surface area contributed by atoms with Crippen LogP contribution in [0.15, 0.2) is 64.2 Å². The first-order valence-electron chi connectivity index (χ1n) is 12.6. The molecule has 1 fully saturated rings. The van der Waals surface area contributed by atoms with Crippen molar-refractivity contribution in [3.05, 3.63) is 76.5 Å². The molecular weight excluding hydrogens is 450 g/mol. The SMILES string of the molecule is Cc1ncc(-c2ccc(=O)n(C3CCCC3)c2)nc1-c1cc(-c2ccc(CNC(C)(C)C)cc2)no1. The maximum absolute atomic E-state index is 12.5. The summed E-state index contributed by atoms with van der Waals surface area (Å²) in [6.07, 6.45) is 8.09. The summed E-state index contributed by atoms with van der Waals surface area (Å²) in [5.74, 6) is 0.569. The Balaban J connectivity index is 1.40. The maximum Gasteiger partial charge on any atom is 0.250 e. The third kappa shape index (κ3) is 5.31. The van der Waals surface area contributed by atoms with Crippen LogP contribution in [0.1, 0.15) is 63.8 Å². The van der Waals surface area contributed by atoms with Gasteiger partial charge >= 0.3 is 0 Å². The molecule has 7 heteroatoms. The van der Waals surface area contributed by atoms with Crippen molar-refractivity contribution in [3.8, 4) is 34.0 Å². The van der Waals surface area contributed by atoms with Crippen LogP contribution < -0.4 is 10.9 Å². The second kappa shape index (κ2) is 9.82. The predicted octanol–water partition coefficient (Wildman–Crippen LogP) is 5.94. The molecule has 5 rings (SSSR count). The molecule has 0 radical (unpaired) electrons.